The predicted molar refractivity (Wildman–Crippen MR) is 110 cm³/mol. The molecule has 0 saturated carbocycles. The Balaban J connectivity index is 1.76. The molecule has 11 nitrogen and oxygen atoms in total. The average molecular weight is 469 g/mol. The second-order valence-electron chi connectivity index (χ2n) is 6.58. The van der Waals surface area contributed by atoms with Crippen molar-refractivity contribution in [2.75, 3.05) is 45.3 Å². The lowest BCUT2D eigenvalue weighted by Gasteiger charge is -2.26. The normalized spacial score (nSPS) is 14.6. The summed E-state index contributed by atoms with van der Waals surface area (Å²) in [5, 5.41) is 13.5. The molecule has 1 aliphatic rings. The van der Waals surface area contributed by atoms with Crippen LogP contribution in [0.2, 0.25) is 0 Å². The molecule has 2 aromatic carbocycles. The van der Waals surface area contributed by atoms with Crippen molar-refractivity contribution >= 4 is 27.3 Å². The third kappa shape index (κ3) is 5.30. The number of benzene rings is 2. The van der Waals surface area contributed by atoms with Crippen LogP contribution >= 0.6 is 0 Å². The zero-order valence-electron chi connectivity index (χ0n) is 16.9. The van der Waals surface area contributed by atoms with E-state index in [1.807, 2.05) is 0 Å². The fourth-order valence-electron chi connectivity index (χ4n) is 2.97. The van der Waals surface area contributed by atoms with Crippen LogP contribution in [-0.4, -0.2) is 63.6 Å². The number of sulfonamides is 1. The molecule has 1 heterocycles. The standard InChI is InChI=1S/C19H20FN3O8S/c1-29-17-5-3-14(32(27,28)22-6-8-30-9-7-22)11-15(17)21-19(24)12-31-18-10-13(20)2-4-16(18)23(25)26/h2-5,10-11H,6-9,12H2,1H3,(H,21,24). The minimum absolute atomic E-state index is 0.0582. The number of carbonyl (C=O) groups excluding carboxylic acids is 1. The second kappa shape index (κ2) is 9.89. The highest BCUT2D eigenvalue weighted by Gasteiger charge is 2.27. The van der Waals surface area contributed by atoms with Gasteiger partial charge in [-0.2, -0.15) is 4.31 Å². The number of halogens is 1. The molecule has 3 rings (SSSR count). The van der Waals surface area contributed by atoms with Crippen LogP contribution in [-0.2, 0) is 19.6 Å². The van der Waals surface area contributed by atoms with Gasteiger partial charge in [-0.05, 0) is 24.3 Å². The minimum Gasteiger partial charge on any atom is -0.495 e. The number of ether oxygens (including phenoxy) is 3. The van der Waals surface area contributed by atoms with E-state index in [1.165, 1.54) is 29.6 Å². The molecular weight excluding hydrogens is 449 g/mol. The average Bonchev–Trinajstić information content (AvgIpc) is 2.78. The third-order valence-electron chi connectivity index (χ3n) is 4.53. The monoisotopic (exact) mass is 469 g/mol. The molecule has 1 fully saturated rings. The van der Waals surface area contributed by atoms with Gasteiger partial charge in [0.05, 0.1) is 35.8 Å². The van der Waals surface area contributed by atoms with Gasteiger partial charge in [0.2, 0.25) is 15.8 Å². The summed E-state index contributed by atoms with van der Waals surface area (Å²) in [6.07, 6.45) is 0. The van der Waals surface area contributed by atoms with Crippen molar-refractivity contribution < 1.29 is 36.7 Å². The van der Waals surface area contributed by atoms with Crippen molar-refractivity contribution in [3.05, 3.63) is 52.3 Å². The number of amides is 1. The zero-order chi connectivity index (χ0) is 23.3. The Bertz CT molecular complexity index is 1120. The Hall–Kier alpha value is -3.29. The SMILES string of the molecule is COc1ccc(S(=O)(=O)N2CCOCC2)cc1NC(=O)COc1cc(F)ccc1[N+](=O)[O-]. The Morgan fingerprint density at radius 3 is 2.59 bits per heavy atom. The molecule has 2 aromatic rings. The van der Waals surface area contributed by atoms with Gasteiger partial charge in [-0.1, -0.05) is 0 Å². The number of nitrogens with one attached hydrogen (secondary N) is 1. The number of hydrogen-bond donors (Lipinski definition) is 1. The summed E-state index contributed by atoms with van der Waals surface area (Å²) in [5.41, 5.74) is -0.445. The molecule has 1 amide bonds. The molecule has 1 N–H and O–H groups in total. The van der Waals surface area contributed by atoms with Crippen LogP contribution in [0.1, 0.15) is 0 Å². The first-order valence-electron chi connectivity index (χ1n) is 9.35. The van der Waals surface area contributed by atoms with Crippen LogP contribution in [0.4, 0.5) is 15.8 Å². The van der Waals surface area contributed by atoms with Gasteiger partial charge in [-0.3, -0.25) is 14.9 Å². The van der Waals surface area contributed by atoms with Gasteiger partial charge < -0.3 is 19.5 Å². The first-order chi connectivity index (χ1) is 15.2. The second-order valence-corrected chi connectivity index (χ2v) is 8.52. The number of rotatable bonds is 8. The highest BCUT2D eigenvalue weighted by atomic mass is 32.2. The number of anilines is 1. The highest BCUT2D eigenvalue weighted by molar-refractivity contribution is 7.89. The summed E-state index contributed by atoms with van der Waals surface area (Å²) in [4.78, 5) is 22.6. The maximum Gasteiger partial charge on any atom is 0.311 e. The van der Waals surface area contributed by atoms with Crippen molar-refractivity contribution in [1.29, 1.82) is 0 Å². The topological polar surface area (TPSA) is 137 Å². The molecule has 0 aromatic heterocycles. The van der Waals surface area contributed by atoms with Gasteiger partial charge in [0.1, 0.15) is 11.6 Å². The first-order valence-corrected chi connectivity index (χ1v) is 10.8. The van der Waals surface area contributed by atoms with E-state index in [1.54, 1.807) is 0 Å². The summed E-state index contributed by atoms with van der Waals surface area (Å²) in [6, 6.07) is 6.60. The van der Waals surface area contributed by atoms with Crippen LogP contribution in [0.15, 0.2) is 41.3 Å². The zero-order valence-corrected chi connectivity index (χ0v) is 17.8. The van der Waals surface area contributed by atoms with E-state index in [0.29, 0.717) is 0 Å². The van der Waals surface area contributed by atoms with E-state index in [9.17, 15) is 27.7 Å². The molecule has 32 heavy (non-hydrogen) atoms. The van der Waals surface area contributed by atoms with E-state index in [-0.39, 0.29) is 42.6 Å². The minimum atomic E-state index is -3.82. The van der Waals surface area contributed by atoms with E-state index < -0.39 is 44.7 Å². The van der Waals surface area contributed by atoms with Crippen molar-refractivity contribution in [3.63, 3.8) is 0 Å². The first kappa shape index (κ1) is 23.4. The van der Waals surface area contributed by atoms with E-state index in [2.05, 4.69) is 5.32 Å². The van der Waals surface area contributed by atoms with E-state index in [0.717, 1.165) is 18.2 Å². The van der Waals surface area contributed by atoms with E-state index >= 15 is 0 Å². The summed E-state index contributed by atoms with van der Waals surface area (Å²) in [5.74, 6) is -1.76. The number of nitro groups is 1. The number of morpholine rings is 1. The molecule has 1 aliphatic heterocycles. The maximum atomic E-state index is 13.4. The Kier molecular flexibility index (Phi) is 7.22. The Morgan fingerprint density at radius 1 is 1.22 bits per heavy atom. The number of hydrogen-bond acceptors (Lipinski definition) is 8. The number of carbonyl (C=O) groups is 1. The highest BCUT2D eigenvalue weighted by Crippen LogP contribution is 2.30. The lowest BCUT2D eigenvalue weighted by Crippen LogP contribution is -2.40. The van der Waals surface area contributed by atoms with Gasteiger partial charge in [0, 0.05) is 25.2 Å². The smallest absolute Gasteiger partial charge is 0.311 e. The molecule has 0 spiro atoms. The van der Waals surface area contributed by atoms with Crippen molar-refractivity contribution in [2.24, 2.45) is 0 Å². The van der Waals surface area contributed by atoms with Crippen LogP contribution in [0.25, 0.3) is 0 Å². The van der Waals surface area contributed by atoms with Crippen LogP contribution in [0.5, 0.6) is 11.5 Å². The van der Waals surface area contributed by atoms with Crippen molar-refractivity contribution in [3.8, 4) is 11.5 Å². The third-order valence-corrected chi connectivity index (χ3v) is 6.42. The van der Waals surface area contributed by atoms with Crippen molar-refractivity contribution in [2.45, 2.75) is 4.90 Å². The largest absolute Gasteiger partial charge is 0.495 e. The van der Waals surface area contributed by atoms with E-state index in [4.69, 9.17) is 14.2 Å². The van der Waals surface area contributed by atoms with Crippen LogP contribution < -0.4 is 14.8 Å². The lowest BCUT2D eigenvalue weighted by molar-refractivity contribution is -0.385. The van der Waals surface area contributed by atoms with Crippen molar-refractivity contribution in [1.82, 2.24) is 4.31 Å². The van der Waals surface area contributed by atoms with Gasteiger partial charge in [-0.15, -0.1) is 0 Å². The molecule has 0 bridgehead atoms. The van der Waals surface area contributed by atoms with Gasteiger partial charge in [0.15, 0.2) is 6.61 Å². The number of nitrogens with zero attached hydrogens (tertiary/aromatic N) is 2. The molecular formula is C19H20FN3O8S. The van der Waals surface area contributed by atoms with Crippen LogP contribution in [0.3, 0.4) is 0 Å². The fraction of sp³-hybridized carbons (Fsp3) is 0.316. The van der Waals surface area contributed by atoms with Gasteiger partial charge >= 0.3 is 5.69 Å². The summed E-state index contributed by atoms with van der Waals surface area (Å²) in [7, 11) is -2.48. The number of nitro benzene ring substituents is 1. The van der Waals surface area contributed by atoms with Crippen LogP contribution in [0, 0.1) is 15.9 Å². The molecule has 0 radical (unpaired) electrons. The maximum absolute atomic E-state index is 13.4. The van der Waals surface area contributed by atoms with Gasteiger partial charge in [-0.25, -0.2) is 12.8 Å². The lowest BCUT2D eigenvalue weighted by atomic mass is 10.3. The molecule has 0 unspecified atom stereocenters. The Morgan fingerprint density at radius 2 is 1.94 bits per heavy atom. The summed E-state index contributed by atoms with van der Waals surface area (Å²) < 4.78 is 55.8. The molecule has 172 valence electrons. The molecule has 0 atom stereocenters. The molecule has 1 saturated heterocycles. The molecule has 0 aliphatic carbocycles. The summed E-state index contributed by atoms with van der Waals surface area (Å²) in [6.45, 7) is 0.283. The number of methoxy groups -OCH3 is 1. The quantitative estimate of drug-likeness (QED) is 0.456. The van der Waals surface area contributed by atoms with Gasteiger partial charge in [0.25, 0.3) is 5.91 Å². The predicted octanol–water partition coefficient (Wildman–Crippen LogP) is 1.78. The fourth-order valence-corrected chi connectivity index (χ4v) is 4.40. The molecule has 13 heteroatoms. The summed E-state index contributed by atoms with van der Waals surface area (Å²) >= 11 is 0. The Labute approximate surface area is 182 Å².